The number of ether oxygens (including phenoxy) is 1. The van der Waals surface area contributed by atoms with Crippen molar-refractivity contribution in [1.82, 2.24) is 0 Å². The van der Waals surface area contributed by atoms with E-state index in [1.807, 2.05) is 11.9 Å². The van der Waals surface area contributed by atoms with Gasteiger partial charge in [0.2, 0.25) is 0 Å². The van der Waals surface area contributed by atoms with E-state index in [9.17, 15) is 8.42 Å². The summed E-state index contributed by atoms with van der Waals surface area (Å²) in [6.45, 7) is 1.39. The normalized spacial score (nSPS) is 14.5. The molecule has 0 fully saturated rings. The summed E-state index contributed by atoms with van der Waals surface area (Å²) in [6.07, 6.45) is 0. The zero-order chi connectivity index (χ0) is 15.0. The van der Waals surface area contributed by atoms with Crippen molar-refractivity contribution < 1.29 is 13.2 Å². The summed E-state index contributed by atoms with van der Waals surface area (Å²) in [4.78, 5) is 2.03. The summed E-state index contributed by atoms with van der Waals surface area (Å²) in [6, 6.07) is 8.27. The van der Waals surface area contributed by atoms with Crippen molar-refractivity contribution in [2.75, 3.05) is 29.8 Å². The molecule has 0 aliphatic carbocycles. The van der Waals surface area contributed by atoms with Gasteiger partial charge in [-0.1, -0.05) is 11.6 Å². The van der Waals surface area contributed by atoms with Crippen molar-refractivity contribution in [1.29, 1.82) is 0 Å². The summed E-state index contributed by atoms with van der Waals surface area (Å²) in [5.41, 5.74) is 1.36. The van der Waals surface area contributed by atoms with Crippen molar-refractivity contribution in [2.45, 2.75) is 4.21 Å². The molecule has 2 aromatic rings. The van der Waals surface area contributed by atoms with Crippen molar-refractivity contribution >= 4 is 44.3 Å². The van der Waals surface area contributed by atoms with Crippen LogP contribution in [0.25, 0.3) is 0 Å². The molecular weight excluding hydrogens is 332 g/mol. The lowest BCUT2D eigenvalue weighted by molar-refractivity contribution is 0.311. The van der Waals surface area contributed by atoms with Gasteiger partial charge in [0.25, 0.3) is 10.0 Å². The number of likely N-dealkylation sites (N-methyl/N-ethyl adjacent to an activating group) is 1. The molecule has 1 aliphatic rings. The fourth-order valence-corrected chi connectivity index (χ4v) is 4.59. The van der Waals surface area contributed by atoms with Crippen molar-refractivity contribution in [3.63, 3.8) is 0 Å². The number of thiophene rings is 1. The molecule has 21 heavy (non-hydrogen) atoms. The van der Waals surface area contributed by atoms with Gasteiger partial charge in [0.15, 0.2) is 0 Å². The Morgan fingerprint density at radius 2 is 2.14 bits per heavy atom. The molecule has 0 spiro atoms. The smallest absolute Gasteiger partial charge is 0.271 e. The number of halogens is 1. The Labute approximate surface area is 132 Å². The molecule has 1 N–H and O–H groups in total. The van der Waals surface area contributed by atoms with Gasteiger partial charge in [-0.15, -0.1) is 11.3 Å². The number of sulfonamides is 1. The summed E-state index contributed by atoms with van der Waals surface area (Å²) < 4.78 is 33.2. The first-order valence-electron chi connectivity index (χ1n) is 6.22. The van der Waals surface area contributed by atoms with Crippen molar-refractivity contribution in [3.8, 4) is 5.75 Å². The van der Waals surface area contributed by atoms with E-state index in [4.69, 9.17) is 16.3 Å². The zero-order valence-corrected chi connectivity index (χ0v) is 13.6. The Balaban J connectivity index is 1.90. The molecule has 1 aliphatic heterocycles. The Bertz CT molecular complexity index is 773. The molecule has 1 aromatic heterocycles. The number of hydrogen-bond acceptors (Lipinski definition) is 5. The second-order valence-electron chi connectivity index (χ2n) is 4.62. The average molecular weight is 345 g/mol. The second-order valence-corrected chi connectivity index (χ2v) is 8.24. The number of nitrogens with one attached hydrogen (secondary N) is 1. The lowest BCUT2D eigenvalue weighted by Crippen LogP contribution is -2.28. The van der Waals surface area contributed by atoms with Crippen molar-refractivity contribution in [2.24, 2.45) is 0 Å². The third-order valence-electron chi connectivity index (χ3n) is 3.12. The van der Waals surface area contributed by atoms with E-state index in [0.717, 1.165) is 29.3 Å². The Morgan fingerprint density at radius 3 is 2.86 bits per heavy atom. The van der Waals surface area contributed by atoms with Gasteiger partial charge < -0.3 is 9.64 Å². The minimum Gasteiger partial charge on any atom is -0.490 e. The highest BCUT2D eigenvalue weighted by Crippen LogP contribution is 2.34. The van der Waals surface area contributed by atoms with Crippen LogP contribution < -0.4 is 14.4 Å². The Kier molecular flexibility index (Phi) is 3.73. The van der Waals surface area contributed by atoms with E-state index >= 15 is 0 Å². The van der Waals surface area contributed by atoms with Gasteiger partial charge in [-0.3, -0.25) is 4.72 Å². The first-order valence-corrected chi connectivity index (χ1v) is 8.90. The molecule has 5 nitrogen and oxygen atoms in total. The predicted molar refractivity (Wildman–Crippen MR) is 85.3 cm³/mol. The number of fused-ring (bicyclic) bond motifs is 1. The Morgan fingerprint density at radius 1 is 1.33 bits per heavy atom. The van der Waals surface area contributed by atoms with Gasteiger partial charge >= 0.3 is 0 Å². The van der Waals surface area contributed by atoms with Crippen LogP contribution >= 0.6 is 22.9 Å². The van der Waals surface area contributed by atoms with Crippen LogP contribution in [-0.4, -0.2) is 28.6 Å². The molecule has 3 rings (SSSR count). The number of benzene rings is 1. The molecule has 8 heteroatoms. The average Bonchev–Trinajstić information content (AvgIpc) is 2.87. The van der Waals surface area contributed by atoms with Crippen LogP contribution in [0.5, 0.6) is 5.75 Å². The third-order valence-corrected chi connectivity index (χ3v) is 6.22. The summed E-state index contributed by atoms with van der Waals surface area (Å²) in [5, 5.41) is 0. The number of anilines is 2. The Hall–Kier alpha value is -1.44. The SMILES string of the molecule is CN1CCOc2ccc(NS(=O)(=O)c3ccc(Cl)s3)cc21. The minimum atomic E-state index is -3.61. The summed E-state index contributed by atoms with van der Waals surface area (Å²) >= 11 is 6.81. The lowest BCUT2D eigenvalue weighted by atomic mass is 10.2. The molecule has 0 bridgehead atoms. The third kappa shape index (κ3) is 2.95. The molecule has 1 aromatic carbocycles. The monoisotopic (exact) mass is 344 g/mol. The summed E-state index contributed by atoms with van der Waals surface area (Å²) in [5.74, 6) is 0.755. The standard InChI is InChI=1S/C13H13ClN2O3S2/c1-16-6-7-19-11-3-2-9(8-10(11)16)15-21(17,18)13-5-4-12(14)20-13/h2-5,8,15H,6-7H2,1H3. The van der Waals surface area contributed by atoms with Gasteiger partial charge in [0.1, 0.15) is 16.6 Å². The molecule has 0 amide bonds. The molecule has 0 saturated carbocycles. The van der Waals surface area contributed by atoms with Crippen LogP contribution in [0.2, 0.25) is 4.34 Å². The van der Waals surface area contributed by atoms with Crippen LogP contribution in [0, 0.1) is 0 Å². The largest absolute Gasteiger partial charge is 0.490 e. The highest BCUT2D eigenvalue weighted by Gasteiger charge is 2.19. The van der Waals surface area contributed by atoms with Gasteiger partial charge in [0, 0.05) is 7.05 Å². The number of rotatable bonds is 3. The number of nitrogens with zero attached hydrogens (tertiary/aromatic N) is 1. The molecule has 0 atom stereocenters. The van der Waals surface area contributed by atoms with E-state index in [-0.39, 0.29) is 4.21 Å². The number of hydrogen-bond donors (Lipinski definition) is 1. The topological polar surface area (TPSA) is 58.6 Å². The zero-order valence-electron chi connectivity index (χ0n) is 11.2. The van der Waals surface area contributed by atoms with Crippen LogP contribution in [0.4, 0.5) is 11.4 Å². The van der Waals surface area contributed by atoms with Crippen LogP contribution in [0.1, 0.15) is 0 Å². The van der Waals surface area contributed by atoms with Crippen LogP contribution in [-0.2, 0) is 10.0 Å². The minimum absolute atomic E-state index is 0.190. The summed E-state index contributed by atoms with van der Waals surface area (Å²) in [7, 11) is -1.67. The molecule has 112 valence electrons. The quantitative estimate of drug-likeness (QED) is 0.929. The molecule has 0 radical (unpaired) electrons. The van der Waals surface area contributed by atoms with E-state index < -0.39 is 10.0 Å². The second kappa shape index (κ2) is 5.40. The maximum Gasteiger partial charge on any atom is 0.271 e. The van der Waals surface area contributed by atoms with E-state index in [0.29, 0.717) is 16.6 Å². The molecule has 0 saturated heterocycles. The van der Waals surface area contributed by atoms with Gasteiger partial charge in [0.05, 0.1) is 22.3 Å². The first kappa shape index (κ1) is 14.5. The predicted octanol–water partition coefficient (Wildman–Crippen LogP) is 3.03. The van der Waals surface area contributed by atoms with E-state index in [1.54, 1.807) is 24.3 Å². The maximum atomic E-state index is 12.3. The fourth-order valence-electron chi connectivity index (χ4n) is 2.06. The highest BCUT2D eigenvalue weighted by atomic mass is 35.5. The van der Waals surface area contributed by atoms with Gasteiger partial charge in [-0.05, 0) is 30.3 Å². The van der Waals surface area contributed by atoms with Crippen LogP contribution in [0.15, 0.2) is 34.5 Å². The van der Waals surface area contributed by atoms with Crippen molar-refractivity contribution in [3.05, 3.63) is 34.7 Å². The first-order chi connectivity index (χ1) is 9.95. The molecular formula is C13H13ClN2O3S2. The highest BCUT2D eigenvalue weighted by molar-refractivity contribution is 7.94. The molecule has 0 unspecified atom stereocenters. The van der Waals surface area contributed by atoms with Gasteiger partial charge in [-0.25, -0.2) is 8.42 Å². The van der Waals surface area contributed by atoms with E-state index in [1.165, 1.54) is 6.07 Å². The molecule has 2 heterocycles. The lowest BCUT2D eigenvalue weighted by Gasteiger charge is -2.28. The van der Waals surface area contributed by atoms with Gasteiger partial charge in [-0.2, -0.15) is 0 Å². The maximum absolute atomic E-state index is 12.3. The van der Waals surface area contributed by atoms with E-state index in [2.05, 4.69) is 4.72 Å². The fraction of sp³-hybridized carbons (Fsp3) is 0.231. The van der Waals surface area contributed by atoms with Crippen LogP contribution in [0.3, 0.4) is 0 Å².